The number of aromatic nitrogens is 1. The smallest absolute Gasteiger partial charge is 0.250 e. The van der Waals surface area contributed by atoms with E-state index in [2.05, 4.69) is 41.5 Å². The summed E-state index contributed by atoms with van der Waals surface area (Å²) in [4.78, 5) is 15.4. The van der Waals surface area contributed by atoms with Crippen LogP contribution in [0.15, 0.2) is 54.7 Å². The minimum absolute atomic E-state index is 0.363. The zero-order chi connectivity index (χ0) is 21.6. The largest absolute Gasteiger partial charge is 0.438 e. The van der Waals surface area contributed by atoms with E-state index < -0.39 is 5.91 Å². The van der Waals surface area contributed by atoms with Crippen molar-refractivity contribution in [2.45, 2.75) is 58.0 Å². The summed E-state index contributed by atoms with van der Waals surface area (Å²) in [5.41, 5.74) is 6.92. The Kier molecular flexibility index (Phi) is 6.82. The first-order valence-electron chi connectivity index (χ1n) is 11.3. The number of fused-ring (bicyclic) bond motifs is 1. The van der Waals surface area contributed by atoms with Crippen LogP contribution >= 0.6 is 0 Å². The molecular weight excluding hydrogens is 386 g/mol. The SMILES string of the molecule is CCC[C@H]1CC[C@@H](NCc2cccc3c(Oc4ccc(C(N)=O)cn4)cccc23)CC1. The van der Waals surface area contributed by atoms with E-state index in [9.17, 15) is 4.79 Å². The zero-order valence-corrected chi connectivity index (χ0v) is 18.1. The molecule has 0 spiro atoms. The summed E-state index contributed by atoms with van der Waals surface area (Å²) in [6.45, 7) is 3.14. The molecule has 5 heteroatoms. The van der Waals surface area contributed by atoms with Gasteiger partial charge in [0.15, 0.2) is 0 Å². The number of primary amides is 1. The number of carbonyl (C=O) groups excluding carboxylic acids is 1. The van der Waals surface area contributed by atoms with Gasteiger partial charge in [-0.2, -0.15) is 0 Å². The zero-order valence-electron chi connectivity index (χ0n) is 18.1. The van der Waals surface area contributed by atoms with E-state index in [1.165, 1.54) is 55.7 Å². The summed E-state index contributed by atoms with van der Waals surface area (Å²) in [7, 11) is 0. The summed E-state index contributed by atoms with van der Waals surface area (Å²) in [5.74, 6) is 1.61. The van der Waals surface area contributed by atoms with Crippen LogP contribution < -0.4 is 15.8 Å². The van der Waals surface area contributed by atoms with Gasteiger partial charge < -0.3 is 15.8 Å². The molecule has 1 aromatic heterocycles. The molecule has 0 radical (unpaired) electrons. The van der Waals surface area contributed by atoms with Gasteiger partial charge in [0.2, 0.25) is 11.8 Å². The lowest BCUT2D eigenvalue weighted by Crippen LogP contribution is -2.32. The molecule has 5 nitrogen and oxygen atoms in total. The van der Waals surface area contributed by atoms with Gasteiger partial charge in [0.25, 0.3) is 0 Å². The predicted octanol–water partition coefficient (Wildman–Crippen LogP) is 5.57. The summed E-state index contributed by atoms with van der Waals surface area (Å²) in [6, 6.07) is 16.3. The van der Waals surface area contributed by atoms with E-state index >= 15 is 0 Å². The van der Waals surface area contributed by atoms with Gasteiger partial charge in [-0.25, -0.2) is 4.98 Å². The van der Waals surface area contributed by atoms with Crippen LogP contribution in [0.4, 0.5) is 0 Å². The maximum Gasteiger partial charge on any atom is 0.250 e. The van der Waals surface area contributed by atoms with E-state index in [4.69, 9.17) is 10.5 Å². The first-order valence-corrected chi connectivity index (χ1v) is 11.3. The number of pyridine rings is 1. The number of carbonyl (C=O) groups is 1. The summed E-state index contributed by atoms with van der Waals surface area (Å²) in [6.07, 6.45) is 9.36. The lowest BCUT2D eigenvalue weighted by Gasteiger charge is -2.29. The van der Waals surface area contributed by atoms with E-state index in [0.29, 0.717) is 17.5 Å². The molecule has 1 amide bonds. The molecule has 1 aliphatic rings. The second-order valence-electron chi connectivity index (χ2n) is 8.51. The van der Waals surface area contributed by atoms with E-state index in [-0.39, 0.29) is 0 Å². The molecule has 2 aromatic carbocycles. The minimum Gasteiger partial charge on any atom is -0.438 e. The number of hydrogen-bond acceptors (Lipinski definition) is 4. The van der Waals surface area contributed by atoms with Crippen LogP contribution in [0, 0.1) is 5.92 Å². The lowest BCUT2D eigenvalue weighted by molar-refractivity contribution is 0.1000. The monoisotopic (exact) mass is 417 g/mol. The first-order chi connectivity index (χ1) is 15.1. The Balaban J connectivity index is 1.46. The average Bonchev–Trinajstić information content (AvgIpc) is 2.79. The molecule has 0 atom stereocenters. The Hall–Kier alpha value is -2.92. The first kappa shape index (κ1) is 21.3. The Morgan fingerprint density at radius 2 is 1.84 bits per heavy atom. The van der Waals surface area contributed by atoms with Crippen LogP contribution in [0.3, 0.4) is 0 Å². The highest BCUT2D eigenvalue weighted by molar-refractivity contribution is 5.92. The van der Waals surface area contributed by atoms with Crippen LogP contribution in [-0.2, 0) is 6.54 Å². The molecule has 1 fully saturated rings. The van der Waals surface area contributed by atoms with Crippen LogP contribution in [-0.4, -0.2) is 16.9 Å². The molecule has 0 bridgehead atoms. The summed E-state index contributed by atoms with van der Waals surface area (Å²) < 4.78 is 6.03. The summed E-state index contributed by atoms with van der Waals surface area (Å²) in [5, 5.41) is 6.01. The third kappa shape index (κ3) is 5.23. The topological polar surface area (TPSA) is 77.2 Å². The highest BCUT2D eigenvalue weighted by Crippen LogP contribution is 2.32. The number of rotatable bonds is 8. The highest BCUT2D eigenvalue weighted by Gasteiger charge is 2.20. The van der Waals surface area contributed by atoms with Crippen molar-refractivity contribution in [2.24, 2.45) is 11.7 Å². The molecule has 0 unspecified atom stereocenters. The van der Waals surface area contributed by atoms with Gasteiger partial charge in [-0.15, -0.1) is 0 Å². The molecule has 1 saturated carbocycles. The predicted molar refractivity (Wildman–Crippen MR) is 124 cm³/mol. The van der Waals surface area contributed by atoms with Crippen molar-refractivity contribution in [3.05, 3.63) is 65.9 Å². The Labute approximate surface area is 184 Å². The van der Waals surface area contributed by atoms with Crippen LogP contribution in [0.5, 0.6) is 11.6 Å². The molecule has 3 N–H and O–H groups in total. The number of benzene rings is 2. The van der Waals surface area contributed by atoms with Crippen LogP contribution in [0.1, 0.15) is 61.4 Å². The Bertz CT molecular complexity index is 1020. The minimum atomic E-state index is -0.500. The second-order valence-corrected chi connectivity index (χ2v) is 8.51. The molecule has 1 heterocycles. The van der Waals surface area contributed by atoms with Crippen molar-refractivity contribution in [1.29, 1.82) is 0 Å². The van der Waals surface area contributed by atoms with Crippen molar-refractivity contribution in [3.8, 4) is 11.6 Å². The maximum absolute atomic E-state index is 11.2. The van der Waals surface area contributed by atoms with Gasteiger partial charge in [-0.05, 0) is 54.7 Å². The average molecular weight is 418 g/mol. The molecular formula is C26H31N3O2. The number of hydrogen-bond donors (Lipinski definition) is 2. The Morgan fingerprint density at radius 1 is 1.06 bits per heavy atom. The lowest BCUT2D eigenvalue weighted by atomic mass is 9.83. The van der Waals surface area contributed by atoms with Crippen molar-refractivity contribution in [1.82, 2.24) is 10.3 Å². The normalized spacial score (nSPS) is 18.7. The molecule has 1 aliphatic carbocycles. The molecule has 0 saturated heterocycles. The fraction of sp³-hybridized carbons (Fsp3) is 0.385. The van der Waals surface area contributed by atoms with Gasteiger partial charge in [0, 0.05) is 30.2 Å². The van der Waals surface area contributed by atoms with Crippen LogP contribution in [0.2, 0.25) is 0 Å². The number of ether oxygens (including phenoxy) is 1. The summed E-state index contributed by atoms with van der Waals surface area (Å²) >= 11 is 0. The van der Waals surface area contributed by atoms with Crippen molar-refractivity contribution >= 4 is 16.7 Å². The number of nitrogens with two attached hydrogens (primary N) is 1. The van der Waals surface area contributed by atoms with E-state index in [1.807, 2.05) is 12.1 Å². The molecule has 3 aromatic rings. The fourth-order valence-electron chi connectivity index (χ4n) is 4.61. The van der Waals surface area contributed by atoms with Gasteiger partial charge in [-0.1, -0.05) is 50.1 Å². The van der Waals surface area contributed by atoms with Gasteiger partial charge >= 0.3 is 0 Å². The standard InChI is InChI=1S/C26H31N3O2/c1-2-5-18-10-13-21(14-11-18)28-16-19-6-3-8-23-22(19)7-4-9-24(23)31-25-15-12-20(17-29-25)26(27)30/h3-4,6-9,12,15,17-18,21,28H,2,5,10-11,13-14,16H2,1H3,(H2,27,30)/t18-,21+. The number of nitrogens with one attached hydrogen (secondary N) is 1. The van der Waals surface area contributed by atoms with Crippen LogP contribution in [0.25, 0.3) is 10.8 Å². The maximum atomic E-state index is 11.2. The quantitative estimate of drug-likeness (QED) is 0.502. The van der Waals surface area contributed by atoms with E-state index in [1.54, 1.807) is 12.1 Å². The fourth-order valence-corrected chi connectivity index (χ4v) is 4.61. The van der Waals surface area contributed by atoms with Crippen molar-refractivity contribution in [3.63, 3.8) is 0 Å². The second kappa shape index (κ2) is 9.92. The van der Waals surface area contributed by atoms with Gasteiger partial charge in [-0.3, -0.25) is 4.79 Å². The molecule has 4 rings (SSSR count). The van der Waals surface area contributed by atoms with Crippen molar-refractivity contribution in [2.75, 3.05) is 0 Å². The number of amides is 1. The Morgan fingerprint density at radius 3 is 2.55 bits per heavy atom. The molecule has 0 aliphatic heterocycles. The highest BCUT2D eigenvalue weighted by atomic mass is 16.5. The van der Waals surface area contributed by atoms with Gasteiger partial charge in [0.1, 0.15) is 5.75 Å². The number of nitrogens with zero attached hydrogens (tertiary/aromatic N) is 1. The third-order valence-electron chi connectivity index (χ3n) is 6.33. The third-order valence-corrected chi connectivity index (χ3v) is 6.33. The molecule has 31 heavy (non-hydrogen) atoms. The molecule has 162 valence electrons. The van der Waals surface area contributed by atoms with Crippen molar-refractivity contribution < 1.29 is 9.53 Å². The van der Waals surface area contributed by atoms with Gasteiger partial charge in [0.05, 0.1) is 5.56 Å². The van der Waals surface area contributed by atoms with E-state index in [0.717, 1.165) is 23.6 Å².